The first-order chi connectivity index (χ1) is 12.5. The molecule has 0 aliphatic carbocycles. The van der Waals surface area contributed by atoms with Crippen molar-refractivity contribution in [2.45, 2.75) is 26.2 Å². The molecular formula is C19H23ClN4O2. The van der Waals surface area contributed by atoms with Crippen molar-refractivity contribution < 1.29 is 4.79 Å². The number of carbonyl (C=O) groups is 1. The van der Waals surface area contributed by atoms with Gasteiger partial charge in [-0.3, -0.25) is 9.59 Å². The topological polar surface area (TPSA) is 78.1 Å². The first kappa shape index (κ1) is 18.6. The molecule has 138 valence electrons. The lowest BCUT2D eigenvalue weighted by Gasteiger charge is -2.14. The molecule has 2 aromatic rings. The lowest BCUT2D eigenvalue weighted by Crippen LogP contribution is -2.28. The third kappa shape index (κ3) is 4.51. The van der Waals surface area contributed by atoms with E-state index in [-0.39, 0.29) is 16.5 Å². The summed E-state index contributed by atoms with van der Waals surface area (Å²) in [7, 11) is 0. The van der Waals surface area contributed by atoms with Gasteiger partial charge in [0.05, 0.1) is 5.69 Å². The molecule has 0 radical (unpaired) electrons. The fourth-order valence-electron chi connectivity index (χ4n) is 3.16. The van der Waals surface area contributed by atoms with Crippen molar-refractivity contribution in [1.29, 1.82) is 0 Å². The SMILES string of the molecule is Cc1nc(-c2ccc(C(=O)NCCCN3CCCC3)cc2)c(Cl)c(=O)[nH]1. The van der Waals surface area contributed by atoms with Crippen molar-refractivity contribution in [3.63, 3.8) is 0 Å². The van der Waals surface area contributed by atoms with Gasteiger partial charge in [-0.2, -0.15) is 0 Å². The fourth-order valence-corrected chi connectivity index (χ4v) is 3.35. The normalized spacial score (nSPS) is 14.5. The summed E-state index contributed by atoms with van der Waals surface area (Å²) < 4.78 is 0. The Hall–Kier alpha value is -2.18. The van der Waals surface area contributed by atoms with E-state index in [1.807, 2.05) is 0 Å². The minimum atomic E-state index is -0.367. The highest BCUT2D eigenvalue weighted by molar-refractivity contribution is 6.32. The molecule has 1 aliphatic rings. The van der Waals surface area contributed by atoms with Crippen molar-refractivity contribution in [3.8, 4) is 11.3 Å². The van der Waals surface area contributed by atoms with Crippen LogP contribution in [-0.2, 0) is 0 Å². The van der Waals surface area contributed by atoms with Crippen LogP contribution in [0.5, 0.6) is 0 Å². The largest absolute Gasteiger partial charge is 0.352 e. The smallest absolute Gasteiger partial charge is 0.270 e. The standard InChI is InChI=1S/C19H23ClN4O2/c1-13-22-17(16(20)19(26)23-13)14-5-7-15(8-6-14)18(25)21-9-4-12-24-10-2-3-11-24/h5-8H,2-4,9-12H2,1H3,(H,21,25)(H,22,23,26). The minimum absolute atomic E-state index is 0.0507. The Bertz CT molecular complexity index is 826. The van der Waals surface area contributed by atoms with Gasteiger partial charge in [0, 0.05) is 17.7 Å². The van der Waals surface area contributed by atoms with E-state index in [0.29, 0.717) is 29.2 Å². The summed E-state index contributed by atoms with van der Waals surface area (Å²) in [6.07, 6.45) is 3.52. The van der Waals surface area contributed by atoms with Crippen LogP contribution in [0, 0.1) is 6.92 Å². The Morgan fingerprint density at radius 2 is 1.96 bits per heavy atom. The minimum Gasteiger partial charge on any atom is -0.352 e. The van der Waals surface area contributed by atoms with Gasteiger partial charge in [0.25, 0.3) is 11.5 Å². The van der Waals surface area contributed by atoms with Crippen LogP contribution in [0.1, 0.15) is 35.4 Å². The Morgan fingerprint density at radius 1 is 1.27 bits per heavy atom. The average molecular weight is 375 g/mol. The Labute approximate surface area is 157 Å². The van der Waals surface area contributed by atoms with Gasteiger partial charge in [-0.05, 0) is 58.0 Å². The van der Waals surface area contributed by atoms with Crippen LogP contribution < -0.4 is 10.9 Å². The van der Waals surface area contributed by atoms with Crippen LogP contribution in [0.15, 0.2) is 29.1 Å². The number of aromatic amines is 1. The van der Waals surface area contributed by atoms with Gasteiger partial charge in [0.1, 0.15) is 10.8 Å². The molecule has 1 amide bonds. The molecule has 6 nitrogen and oxygen atoms in total. The number of hydrogen-bond donors (Lipinski definition) is 2. The zero-order chi connectivity index (χ0) is 18.5. The maximum absolute atomic E-state index is 12.2. The van der Waals surface area contributed by atoms with Crippen molar-refractivity contribution in [3.05, 3.63) is 51.0 Å². The zero-order valence-corrected chi connectivity index (χ0v) is 15.6. The van der Waals surface area contributed by atoms with Gasteiger partial charge in [0.2, 0.25) is 0 Å². The summed E-state index contributed by atoms with van der Waals surface area (Å²) in [6, 6.07) is 6.96. The van der Waals surface area contributed by atoms with Gasteiger partial charge in [-0.25, -0.2) is 4.98 Å². The number of nitrogens with zero attached hydrogens (tertiary/aromatic N) is 2. The van der Waals surface area contributed by atoms with Crippen molar-refractivity contribution in [2.75, 3.05) is 26.2 Å². The number of rotatable bonds is 6. The van der Waals surface area contributed by atoms with Gasteiger partial charge in [-0.15, -0.1) is 0 Å². The third-order valence-corrected chi connectivity index (χ3v) is 4.89. The molecule has 0 atom stereocenters. The molecule has 1 aromatic carbocycles. The van der Waals surface area contributed by atoms with Crippen LogP contribution >= 0.6 is 11.6 Å². The molecule has 1 saturated heterocycles. The second kappa shape index (κ2) is 8.47. The molecule has 0 bridgehead atoms. The maximum Gasteiger partial charge on any atom is 0.270 e. The summed E-state index contributed by atoms with van der Waals surface area (Å²) in [6.45, 7) is 5.75. The monoisotopic (exact) mass is 374 g/mol. The molecule has 26 heavy (non-hydrogen) atoms. The number of halogens is 1. The molecule has 0 unspecified atom stereocenters. The van der Waals surface area contributed by atoms with Crippen LogP contribution in [-0.4, -0.2) is 47.0 Å². The Morgan fingerprint density at radius 3 is 2.65 bits per heavy atom. The van der Waals surface area contributed by atoms with Gasteiger partial charge >= 0.3 is 0 Å². The van der Waals surface area contributed by atoms with Crippen LogP contribution in [0.3, 0.4) is 0 Å². The summed E-state index contributed by atoms with van der Waals surface area (Å²) >= 11 is 6.05. The van der Waals surface area contributed by atoms with Gasteiger partial charge in [0.15, 0.2) is 0 Å². The molecular weight excluding hydrogens is 352 g/mol. The van der Waals surface area contributed by atoms with E-state index in [2.05, 4.69) is 20.2 Å². The highest BCUT2D eigenvalue weighted by Crippen LogP contribution is 2.23. The number of carbonyl (C=O) groups excluding carboxylic acids is 1. The second-order valence-electron chi connectivity index (χ2n) is 6.55. The zero-order valence-electron chi connectivity index (χ0n) is 14.8. The number of likely N-dealkylation sites (tertiary alicyclic amines) is 1. The quantitative estimate of drug-likeness (QED) is 0.762. The van der Waals surface area contributed by atoms with E-state index < -0.39 is 0 Å². The van der Waals surface area contributed by atoms with E-state index in [1.165, 1.54) is 25.9 Å². The van der Waals surface area contributed by atoms with Gasteiger partial charge < -0.3 is 15.2 Å². The fraction of sp³-hybridized carbons (Fsp3) is 0.421. The first-order valence-corrected chi connectivity index (χ1v) is 9.30. The number of benzene rings is 1. The second-order valence-corrected chi connectivity index (χ2v) is 6.93. The molecule has 2 heterocycles. The number of hydrogen-bond acceptors (Lipinski definition) is 4. The summed E-state index contributed by atoms with van der Waals surface area (Å²) in [4.78, 5) is 33.3. The Kier molecular flexibility index (Phi) is 6.06. The van der Waals surface area contributed by atoms with E-state index in [4.69, 9.17) is 11.6 Å². The predicted molar refractivity (Wildman–Crippen MR) is 103 cm³/mol. The predicted octanol–water partition coefficient (Wildman–Crippen LogP) is 2.61. The number of aryl methyl sites for hydroxylation is 1. The van der Waals surface area contributed by atoms with E-state index in [9.17, 15) is 9.59 Å². The molecule has 0 saturated carbocycles. The van der Waals surface area contributed by atoms with Crippen LogP contribution in [0.4, 0.5) is 0 Å². The number of nitrogens with one attached hydrogen (secondary N) is 2. The highest BCUT2D eigenvalue weighted by Gasteiger charge is 2.13. The average Bonchev–Trinajstić information content (AvgIpc) is 3.15. The summed E-state index contributed by atoms with van der Waals surface area (Å²) in [5.74, 6) is 0.397. The molecule has 1 aliphatic heterocycles. The summed E-state index contributed by atoms with van der Waals surface area (Å²) in [5.41, 5.74) is 1.34. The molecule has 1 aromatic heterocycles. The van der Waals surface area contributed by atoms with E-state index in [0.717, 1.165) is 13.0 Å². The highest BCUT2D eigenvalue weighted by atomic mass is 35.5. The van der Waals surface area contributed by atoms with Crippen molar-refractivity contribution in [2.24, 2.45) is 0 Å². The van der Waals surface area contributed by atoms with Crippen molar-refractivity contribution in [1.82, 2.24) is 20.2 Å². The van der Waals surface area contributed by atoms with Crippen molar-refractivity contribution >= 4 is 17.5 Å². The number of aromatic nitrogens is 2. The maximum atomic E-state index is 12.2. The lowest BCUT2D eigenvalue weighted by molar-refractivity contribution is 0.0952. The van der Waals surface area contributed by atoms with Gasteiger partial charge in [-0.1, -0.05) is 23.7 Å². The molecule has 0 spiro atoms. The molecule has 2 N–H and O–H groups in total. The van der Waals surface area contributed by atoms with Crippen LogP contribution in [0.2, 0.25) is 5.02 Å². The molecule has 7 heteroatoms. The van der Waals surface area contributed by atoms with Crippen LogP contribution in [0.25, 0.3) is 11.3 Å². The molecule has 3 rings (SSSR count). The van der Waals surface area contributed by atoms with E-state index in [1.54, 1.807) is 31.2 Å². The Balaban J connectivity index is 1.58. The third-order valence-electron chi connectivity index (χ3n) is 4.54. The van der Waals surface area contributed by atoms with E-state index >= 15 is 0 Å². The lowest BCUT2D eigenvalue weighted by atomic mass is 10.1. The number of H-pyrrole nitrogens is 1. The number of amides is 1. The summed E-state index contributed by atoms with van der Waals surface area (Å²) in [5, 5.41) is 3.00. The molecule has 1 fully saturated rings. The first-order valence-electron chi connectivity index (χ1n) is 8.92.